The first-order valence-electron chi connectivity index (χ1n) is 10.5. The predicted molar refractivity (Wildman–Crippen MR) is 118 cm³/mol. The van der Waals surface area contributed by atoms with Crippen molar-refractivity contribution < 1.29 is 4.79 Å². The lowest BCUT2D eigenvalue weighted by Gasteiger charge is -2.39. The molecule has 0 radical (unpaired) electrons. The van der Waals surface area contributed by atoms with E-state index in [1.807, 2.05) is 17.0 Å². The zero-order valence-corrected chi connectivity index (χ0v) is 17.6. The summed E-state index contributed by atoms with van der Waals surface area (Å²) in [4.78, 5) is 26.7. The van der Waals surface area contributed by atoms with Crippen molar-refractivity contribution in [2.75, 3.05) is 24.5 Å². The summed E-state index contributed by atoms with van der Waals surface area (Å²) in [5.74, 6) is 1.01. The van der Waals surface area contributed by atoms with Gasteiger partial charge in [-0.2, -0.15) is 5.26 Å². The Labute approximate surface area is 179 Å². The van der Waals surface area contributed by atoms with Gasteiger partial charge in [0.1, 0.15) is 12.1 Å². The second-order valence-corrected chi connectivity index (χ2v) is 9.03. The number of nitrogens with zero attached hydrogens (tertiary/aromatic N) is 5. The van der Waals surface area contributed by atoms with Crippen molar-refractivity contribution in [2.24, 2.45) is 0 Å². The number of amides is 1. The van der Waals surface area contributed by atoms with E-state index in [9.17, 15) is 10.1 Å². The molecule has 2 aromatic heterocycles. The number of carbonyl (C=O) groups excluding carboxylic acids is 1. The lowest BCUT2D eigenvalue weighted by atomic mass is 9.87. The molecule has 3 aromatic rings. The first kappa shape index (κ1) is 19.0. The van der Waals surface area contributed by atoms with Crippen molar-refractivity contribution in [3.8, 4) is 6.07 Å². The van der Waals surface area contributed by atoms with Gasteiger partial charge in [0.2, 0.25) is 0 Å². The smallest absolute Gasteiger partial charge is 0.255 e. The molecule has 0 aliphatic carbocycles. The summed E-state index contributed by atoms with van der Waals surface area (Å²) in [5.41, 5.74) is 2.00. The van der Waals surface area contributed by atoms with Gasteiger partial charge < -0.3 is 9.80 Å². The van der Waals surface area contributed by atoms with Gasteiger partial charge in [0.05, 0.1) is 27.4 Å². The van der Waals surface area contributed by atoms with Crippen LogP contribution in [0.15, 0.2) is 42.0 Å². The maximum absolute atomic E-state index is 13.2. The first-order chi connectivity index (χ1) is 14.7. The van der Waals surface area contributed by atoms with E-state index in [0.29, 0.717) is 17.7 Å². The van der Waals surface area contributed by atoms with E-state index in [0.717, 1.165) is 61.2 Å². The summed E-state index contributed by atoms with van der Waals surface area (Å²) in [7, 11) is 0. The van der Waals surface area contributed by atoms with Crippen LogP contribution in [0, 0.1) is 11.3 Å². The minimum Gasteiger partial charge on any atom is -0.350 e. The summed E-state index contributed by atoms with van der Waals surface area (Å²) in [6.45, 7) is 2.43. The lowest BCUT2D eigenvalue weighted by molar-refractivity contribution is 0.0759. The second-order valence-electron chi connectivity index (χ2n) is 8.11. The molecule has 0 N–H and O–H groups in total. The van der Waals surface area contributed by atoms with Gasteiger partial charge in [0.25, 0.3) is 5.91 Å². The number of hydrogen-bond donors (Lipinski definition) is 0. The molecule has 6 nitrogen and oxygen atoms in total. The van der Waals surface area contributed by atoms with Gasteiger partial charge in [-0.15, -0.1) is 11.3 Å². The van der Waals surface area contributed by atoms with Crippen molar-refractivity contribution in [2.45, 2.75) is 37.6 Å². The fourth-order valence-electron chi connectivity index (χ4n) is 5.08. The quantitative estimate of drug-likeness (QED) is 0.624. The van der Waals surface area contributed by atoms with E-state index < -0.39 is 0 Å². The van der Waals surface area contributed by atoms with Crippen LogP contribution < -0.4 is 4.90 Å². The second kappa shape index (κ2) is 7.69. The molecule has 4 heterocycles. The van der Waals surface area contributed by atoms with Crippen molar-refractivity contribution in [3.63, 3.8) is 0 Å². The van der Waals surface area contributed by atoms with Crippen LogP contribution in [-0.2, 0) is 0 Å². The summed E-state index contributed by atoms with van der Waals surface area (Å²) in [6.07, 6.45) is 6.86. The third-order valence-corrected chi connectivity index (χ3v) is 7.46. The van der Waals surface area contributed by atoms with Gasteiger partial charge in [0, 0.05) is 25.2 Å². The molecule has 1 spiro atoms. The zero-order valence-electron chi connectivity index (χ0n) is 16.8. The van der Waals surface area contributed by atoms with Crippen molar-refractivity contribution in [1.29, 1.82) is 5.26 Å². The van der Waals surface area contributed by atoms with Crippen molar-refractivity contribution in [1.82, 2.24) is 14.9 Å². The summed E-state index contributed by atoms with van der Waals surface area (Å²) in [6, 6.07) is 11.3. The molecule has 2 saturated heterocycles. The highest BCUT2D eigenvalue weighted by Crippen LogP contribution is 2.43. The summed E-state index contributed by atoms with van der Waals surface area (Å²) >= 11 is 1.70. The average Bonchev–Trinajstić information content (AvgIpc) is 3.37. The molecule has 2 fully saturated rings. The Kier molecular flexibility index (Phi) is 4.87. The number of likely N-dealkylation sites (tertiary alicyclic amines) is 1. The monoisotopic (exact) mass is 417 g/mol. The Bertz CT molecular complexity index is 1140. The molecule has 5 rings (SSSR count). The molecule has 0 unspecified atom stereocenters. The fraction of sp³-hybridized carbons (Fsp3) is 0.391. The van der Waals surface area contributed by atoms with Crippen LogP contribution in [0.3, 0.4) is 0 Å². The van der Waals surface area contributed by atoms with Gasteiger partial charge in [-0.25, -0.2) is 9.97 Å². The maximum atomic E-state index is 13.2. The SMILES string of the molecule is N#Cc1ccccc1C(=O)N1CCC[C@@]2(CCCN2c2ncnc3ccsc23)CC1. The zero-order chi connectivity index (χ0) is 20.6. The third kappa shape index (κ3) is 3.12. The number of carbonyl (C=O) groups is 1. The summed E-state index contributed by atoms with van der Waals surface area (Å²) < 4.78 is 1.15. The van der Waals surface area contributed by atoms with Crippen LogP contribution in [0.25, 0.3) is 10.2 Å². The predicted octanol–water partition coefficient (Wildman–Crippen LogP) is 4.23. The fourth-order valence-corrected chi connectivity index (χ4v) is 5.92. The van der Waals surface area contributed by atoms with Crippen LogP contribution >= 0.6 is 11.3 Å². The van der Waals surface area contributed by atoms with Crippen LogP contribution in [0.5, 0.6) is 0 Å². The van der Waals surface area contributed by atoms with Gasteiger partial charge in [0.15, 0.2) is 0 Å². The number of hydrogen-bond acceptors (Lipinski definition) is 6. The van der Waals surface area contributed by atoms with Crippen molar-refractivity contribution in [3.05, 3.63) is 53.2 Å². The average molecular weight is 418 g/mol. The molecule has 152 valence electrons. The molecule has 30 heavy (non-hydrogen) atoms. The number of anilines is 1. The number of nitriles is 1. The van der Waals surface area contributed by atoms with Crippen LogP contribution in [-0.4, -0.2) is 45.9 Å². The Morgan fingerprint density at radius 3 is 2.77 bits per heavy atom. The number of benzene rings is 1. The molecule has 2 aliphatic rings. The topological polar surface area (TPSA) is 73.1 Å². The number of aromatic nitrogens is 2. The van der Waals surface area contributed by atoms with E-state index in [2.05, 4.69) is 26.3 Å². The Morgan fingerprint density at radius 2 is 1.90 bits per heavy atom. The molecule has 0 saturated carbocycles. The van der Waals surface area contributed by atoms with Gasteiger partial charge in [-0.1, -0.05) is 12.1 Å². The molecule has 0 bridgehead atoms. The Balaban J connectivity index is 1.41. The van der Waals surface area contributed by atoms with Crippen LogP contribution in [0.2, 0.25) is 0 Å². The highest BCUT2D eigenvalue weighted by Gasteiger charge is 2.43. The number of rotatable bonds is 2. The maximum Gasteiger partial charge on any atom is 0.255 e. The third-order valence-electron chi connectivity index (χ3n) is 6.56. The molecule has 7 heteroatoms. The van der Waals surface area contributed by atoms with Crippen LogP contribution in [0.1, 0.15) is 48.0 Å². The molecule has 1 atom stereocenters. The highest BCUT2D eigenvalue weighted by atomic mass is 32.1. The minimum atomic E-state index is -0.0311. The molecule has 1 aromatic carbocycles. The Morgan fingerprint density at radius 1 is 1.07 bits per heavy atom. The van der Waals surface area contributed by atoms with E-state index in [-0.39, 0.29) is 11.4 Å². The largest absolute Gasteiger partial charge is 0.350 e. The van der Waals surface area contributed by atoms with Crippen molar-refractivity contribution >= 4 is 33.3 Å². The van der Waals surface area contributed by atoms with Gasteiger partial charge >= 0.3 is 0 Å². The minimum absolute atomic E-state index is 0.0311. The molecular weight excluding hydrogens is 394 g/mol. The summed E-state index contributed by atoms with van der Waals surface area (Å²) in [5, 5.41) is 11.5. The molecule has 2 aliphatic heterocycles. The van der Waals surface area contributed by atoms with E-state index in [1.54, 1.807) is 35.9 Å². The number of fused-ring (bicyclic) bond motifs is 1. The Hall–Kier alpha value is -2.98. The molecular formula is C23H23N5OS. The van der Waals surface area contributed by atoms with Gasteiger partial charge in [-0.3, -0.25) is 4.79 Å². The lowest BCUT2D eigenvalue weighted by Crippen LogP contribution is -2.45. The highest BCUT2D eigenvalue weighted by molar-refractivity contribution is 7.17. The standard InChI is InChI=1S/C23H23N5OS/c24-15-17-5-1-2-6-18(17)22(29)27-11-3-8-23(10-13-27)9-4-12-28(23)21-20-19(7-14-30-20)25-16-26-21/h1-2,5-7,14,16H,3-4,8-13H2/t23-/m1/s1. The van der Waals surface area contributed by atoms with E-state index in [1.165, 1.54) is 0 Å². The van der Waals surface area contributed by atoms with E-state index in [4.69, 9.17) is 0 Å². The van der Waals surface area contributed by atoms with Gasteiger partial charge in [-0.05, 0) is 55.7 Å². The molecule has 1 amide bonds. The number of thiophene rings is 1. The normalized spacial score (nSPS) is 21.7. The van der Waals surface area contributed by atoms with E-state index >= 15 is 0 Å². The first-order valence-corrected chi connectivity index (χ1v) is 11.3. The van der Waals surface area contributed by atoms with Crippen LogP contribution in [0.4, 0.5) is 5.82 Å².